The summed E-state index contributed by atoms with van der Waals surface area (Å²) >= 11 is 0. The van der Waals surface area contributed by atoms with Crippen molar-refractivity contribution >= 4 is 5.84 Å². The van der Waals surface area contributed by atoms with Crippen LogP contribution in [0, 0.1) is 11.6 Å². The minimum absolute atomic E-state index is 0.139. The van der Waals surface area contributed by atoms with Crippen LogP contribution in [0.15, 0.2) is 83.9 Å². The van der Waals surface area contributed by atoms with Gasteiger partial charge < -0.3 is 5.32 Å². The van der Waals surface area contributed by atoms with Gasteiger partial charge >= 0.3 is 0 Å². The molecule has 0 unspecified atom stereocenters. The van der Waals surface area contributed by atoms with Crippen LogP contribution in [0.5, 0.6) is 0 Å². The number of benzene rings is 3. The van der Waals surface area contributed by atoms with Crippen molar-refractivity contribution in [3.05, 3.63) is 107 Å². The van der Waals surface area contributed by atoms with E-state index in [4.69, 9.17) is 4.99 Å². The Kier molecular flexibility index (Phi) is 4.48. The Labute approximate surface area is 157 Å². The summed E-state index contributed by atoms with van der Waals surface area (Å²) in [6.45, 7) is 2.11. The number of aliphatic imine (C=N–C) groups is 1. The Bertz CT molecular complexity index is 970. The lowest BCUT2D eigenvalue weighted by molar-refractivity contribution is 0.385. The highest BCUT2D eigenvalue weighted by molar-refractivity contribution is 5.87. The molecule has 0 aliphatic carbocycles. The normalized spacial score (nSPS) is 21.6. The first-order chi connectivity index (χ1) is 13.1. The fourth-order valence-corrected chi connectivity index (χ4v) is 3.68. The average Bonchev–Trinajstić information content (AvgIpc) is 3.03. The molecule has 1 aliphatic heterocycles. The molecule has 0 saturated carbocycles. The van der Waals surface area contributed by atoms with Crippen molar-refractivity contribution in [3.8, 4) is 0 Å². The van der Waals surface area contributed by atoms with E-state index in [-0.39, 0.29) is 12.5 Å². The Morgan fingerprint density at radius 3 is 2.26 bits per heavy atom. The number of hydrogen-bond donors (Lipinski definition) is 1. The predicted molar refractivity (Wildman–Crippen MR) is 104 cm³/mol. The highest BCUT2D eigenvalue weighted by atomic mass is 19.1. The molecule has 4 rings (SSSR count). The fourth-order valence-electron chi connectivity index (χ4n) is 3.68. The zero-order valence-corrected chi connectivity index (χ0v) is 15.0. The zero-order valence-electron chi connectivity index (χ0n) is 15.0. The topological polar surface area (TPSA) is 24.4 Å². The molecule has 27 heavy (non-hydrogen) atoms. The van der Waals surface area contributed by atoms with E-state index in [2.05, 4.69) is 36.5 Å². The lowest BCUT2D eigenvalue weighted by Crippen LogP contribution is -2.42. The molecule has 0 fully saturated rings. The van der Waals surface area contributed by atoms with Gasteiger partial charge in [-0.3, -0.25) is 4.99 Å². The van der Waals surface area contributed by atoms with Crippen LogP contribution in [0.25, 0.3) is 0 Å². The van der Waals surface area contributed by atoms with Gasteiger partial charge in [-0.25, -0.2) is 8.78 Å². The number of nitrogens with one attached hydrogen (secondary N) is 1. The Balaban J connectivity index is 1.72. The molecule has 4 heteroatoms. The summed E-state index contributed by atoms with van der Waals surface area (Å²) in [6, 6.07) is 23.7. The van der Waals surface area contributed by atoms with Crippen molar-refractivity contribution in [2.75, 3.05) is 0 Å². The van der Waals surface area contributed by atoms with Gasteiger partial charge in [0.2, 0.25) is 0 Å². The van der Waals surface area contributed by atoms with Crippen molar-refractivity contribution in [2.24, 2.45) is 4.99 Å². The molecule has 0 spiro atoms. The lowest BCUT2D eigenvalue weighted by atomic mass is 9.82. The van der Waals surface area contributed by atoms with Crippen molar-refractivity contribution in [3.63, 3.8) is 0 Å². The van der Waals surface area contributed by atoms with E-state index in [1.165, 1.54) is 12.1 Å². The van der Waals surface area contributed by atoms with E-state index in [0.29, 0.717) is 11.4 Å². The molecule has 0 saturated heterocycles. The summed E-state index contributed by atoms with van der Waals surface area (Å²) < 4.78 is 27.3. The van der Waals surface area contributed by atoms with Gasteiger partial charge in [-0.2, -0.15) is 0 Å². The Morgan fingerprint density at radius 1 is 0.926 bits per heavy atom. The first kappa shape index (κ1) is 17.4. The molecule has 1 heterocycles. The lowest BCUT2D eigenvalue weighted by Gasteiger charge is -2.32. The molecule has 2 atom stereocenters. The quantitative estimate of drug-likeness (QED) is 0.681. The zero-order chi connectivity index (χ0) is 18.9. The maximum atomic E-state index is 14.1. The third-order valence-electron chi connectivity index (χ3n) is 5.10. The molecule has 2 nitrogen and oxygen atoms in total. The van der Waals surface area contributed by atoms with E-state index >= 15 is 0 Å². The molecule has 136 valence electrons. The highest BCUT2D eigenvalue weighted by Crippen LogP contribution is 2.41. The molecule has 1 N–H and O–H groups in total. The first-order valence-electron chi connectivity index (χ1n) is 8.95. The summed E-state index contributed by atoms with van der Waals surface area (Å²) in [5.74, 6) is -0.432. The monoisotopic (exact) mass is 362 g/mol. The Hall–Kier alpha value is -3.01. The average molecular weight is 362 g/mol. The first-order valence-corrected chi connectivity index (χ1v) is 8.95. The van der Waals surface area contributed by atoms with Crippen LogP contribution in [-0.2, 0) is 12.0 Å². The van der Waals surface area contributed by atoms with Crippen LogP contribution >= 0.6 is 0 Å². The second-order valence-corrected chi connectivity index (χ2v) is 6.99. The molecule has 3 aromatic rings. The molecular weight excluding hydrogens is 342 g/mol. The van der Waals surface area contributed by atoms with Gasteiger partial charge in [0, 0.05) is 12.5 Å². The molecule has 0 amide bonds. The summed E-state index contributed by atoms with van der Waals surface area (Å²) in [5.41, 5.74) is 2.17. The third kappa shape index (κ3) is 3.35. The van der Waals surface area contributed by atoms with E-state index in [0.717, 1.165) is 17.2 Å². The second-order valence-electron chi connectivity index (χ2n) is 6.99. The number of amidine groups is 1. The molecular formula is C23H20F2N2. The second kappa shape index (κ2) is 6.95. The summed E-state index contributed by atoms with van der Waals surface area (Å²) in [4.78, 5) is 4.89. The number of nitrogens with zero attached hydrogens (tertiary/aromatic N) is 1. The fraction of sp³-hybridized carbons (Fsp3) is 0.174. The highest BCUT2D eigenvalue weighted by Gasteiger charge is 2.42. The van der Waals surface area contributed by atoms with E-state index in [1.54, 1.807) is 0 Å². The molecule has 0 aromatic heterocycles. The smallest absolute Gasteiger partial charge is 0.129 e. The van der Waals surface area contributed by atoms with Crippen LogP contribution in [-0.4, -0.2) is 5.84 Å². The van der Waals surface area contributed by atoms with E-state index in [1.807, 2.05) is 36.4 Å². The van der Waals surface area contributed by atoms with Gasteiger partial charge in [-0.15, -0.1) is 0 Å². The molecule has 0 bridgehead atoms. The SMILES string of the molecule is C[C@@]1(c2ccccc2)NC(Cc2ccc(F)cc2F)=N[C@@H]1c1ccccc1. The van der Waals surface area contributed by atoms with E-state index in [9.17, 15) is 8.78 Å². The summed E-state index contributed by atoms with van der Waals surface area (Å²) in [5, 5.41) is 3.51. The Morgan fingerprint density at radius 2 is 1.59 bits per heavy atom. The van der Waals surface area contributed by atoms with Gasteiger partial charge in [0.25, 0.3) is 0 Å². The summed E-state index contributed by atoms with van der Waals surface area (Å²) in [7, 11) is 0. The maximum absolute atomic E-state index is 14.1. The third-order valence-corrected chi connectivity index (χ3v) is 5.10. The predicted octanol–water partition coefficient (Wildman–Crippen LogP) is 5.17. The number of rotatable bonds is 4. The number of halogens is 2. The van der Waals surface area contributed by atoms with Crippen molar-refractivity contribution < 1.29 is 8.78 Å². The summed E-state index contributed by atoms with van der Waals surface area (Å²) in [6.07, 6.45) is 0.290. The molecule has 3 aromatic carbocycles. The van der Waals surface area contributed by atoms with Crippen molar-refractivity contribution in [1.29, 1.82) is 0 Å². The van der Waals surface area contributed by atoms with Crippen molar-refractivity contribution in [2.45, 2.75) is 24.9 Å². The largest absolute Gasteiger partial charge is 0.362 e. The van der Waals surface area contributed by atoms with Gasteiger partial charge in [0.1, 0.15) is 23.5 Å². The van der Waals surface area contributed by atoms with Gasteiger partial charge in [0.15, 0.2) is 0 Å². The minimum atomic E-state index is -0.575. The molecule has 0 radical (unpaired) electrons. The van der Waals surface area contributed by atoms with Gasteiger partial charge in [-0.05, 0) is 29.7 Å². The van der Waals surface area contributed by atoms with Crippen LogP contribution in [0.3, 0.4) is 0 Å². The van der Waals surface area contributed by atoms with Crippen LogP contribution in [0.4, 0.5) is 8.78 Å². The minimum Gasteiger partial charge on any atom is -0.362 e. The molecule has 1 aliphatic rings. The van der Waals surface area contributed by atoms with Crippen molar-refractivity contribution in [1.82, 2.24) is 5.32 Å². The van der Waals surface area contributed by atoms with Crippen LogP contribution in [0.1, 0.15) is 29.7 Å². The van der Waals surface area contributed by atoms with E-state index < -0.39 is 17.2 Å². The standard InChI is InChI=1S/C23H20F2N2/c1-23(18-10-6-3-7-11-18)22(16-8-4-2-5-9-16)26-21(27-23)14-17-12-13-19(24)15-20(17)25/h2-13,15,22H,14H2,1H3,(H,26,27)/t22-,23+/m1/s1. The van der Waals surface area contributed by atoms with Crippen LogP contribution in [0.2, 0.25) is 0 Å². The van der Waals surface area contributed by atoms with Crippen LogP contribution < -0.4 is 5.32 Å². The number of hydrogen-bond acceptors (Lipinski definition) is 2. The van der Waals surface area contributed by atoms with Gasteiger partial charge in [-0.1, -0.05) is 66.7 Å². The van der Waals surface area contributed by atoms with Gasteiger partial charge in [0.05, 0.1) is 5.54 Å². The maximum Gasteiger partial charge on any atom is 0.129 e.